The van der Waals surface area contributed by atoms with Crippen LogP contribution in [0.2, 0.25) is 0 Å². The van der Waals surface area contributed by atoms with Crippen LogP contribution in [-0.4, -0.2) is 43.6 Å². The van der Waals surface area contributed by atoms with Crippen molar-refractivity contribution < 1.29 is 4.74 Å². The van der Waals surface area contributed by atoms with E-state index in [4.69, 9.17) is 4.74 Å². The molecule has 144 valence electrons. The SMILES string of the molecule is CN=C(NCc1ccc(OC)cc1)NC1CC(C)N(Cc2ccccc2)C1. The van der Waals surface area contributed by atoms with Gasteiger partial charge in [0.15, 0.2) is 5.96 Å². The molecule has 1 saturated heterocycles. The largest absolute Gasteiger partial charge is 0.497 e. The van der Waals surface area contributed by atoms with E-state index in [2.05, 4.69) is 69.9 Å². The highest BCUT2D eigenvalue weighted by atomic mass is 16.5. The zero-order valence-corrected chi connectivity index (χ0v) is 16.5. The molecule has 0 radical (unpaired) electrons. The molecule has 2 aromatic rings. The van der Waals surface area contributed by atoms with Crippen molar-refractivity contribution in [2.75, 3.05) is 20.7 Å². The molecule has 0 aromatic heterocycles. The minimum Gasteiger partial charge on any atom is -0.497 e. The van der Waals surface area contributed by atoms with E-state index in [1.165, 1.54) is 11.1 Å². The fourth-order valence-corrected chi connectivity index (χ4v) is 3.56. The van der Waals surface area contributed by atoms with Crippen LogP contribution in [0.4, 0.5) is 0 Å². The molecule has 2 N–H and O–H groups in total. The molecule has 5 nitrogen and oxygen atoms in total. The molecule has 2 aromatic carbocycles. The van der Waals surface area contributed by atoms with E-state index in [1.807, 2.05) is 19.2 Å². The van der Waals surface area contributed by atoms with Gasteiger partial charge in [-0.25, -0.2) is 0 Å². The third kappa shape index (κ3) is 5.47. The third-order valence-corrected chi connectivity index (χ3v) is 5.12. The Morgan fingerprint density at radius 3 is 2.52 bits per heavy atom. The monoisotopic (exact) mass is 366 g/mol. The number of methoxy groups -OCH3 is 1. The normalized spacial score (nSPS) is 20.5. The number of nitrogens with zero attached hydrogens (tertiary/aromatic N) is 2. The molecule has 0 aliphatic carbocycles. The summed E-state index contributed by atoms with van der Waals surface area (Å²) in [5.74, 6) is 1.73. The first-order valence-electron chi connectivity index (χ1n) is 9.56. The highest BCUT2D eigenvalue weighted by Gasteiger charge is 2.29. The van der Waals surface area contributed by atoms with Crippen LogP contribution in [0, 0.1) is 0 Å². The summed E-state index contributed by atoms with van der Waals surface area (Å²) in [6, 6.07) is 19.7. The predicted octanol–water partition coefficient (Wildman–Crippen LogP) is 3.02. The Morgan fingerprint density at radius 1 is 1.11 bits per heavy atom. The number of aliphatic imine (C=N–C) groups is 1. The second-order valence-electron chi connectivity index (χ2n) is 7.11. The van der Waals surface area contributed by atoms with Crippen LogP contribution in [0.3, 0.4) is 0 Å². The lowest BCUT2D eigenvalue weighted by atomic mass is 10.2. The average molecular weight is 367 g/mol. The zero-order valence-electron chi connectivity index (χ0n) is 16.5. The lowest BCUT2D eigenvalue weighted by molar-refractivity contribution is 0.258. The molecule has 0 amide bonds. The maximum atomic E-state index is 5.21. The molecule has 1 heterocycles. The Bertz CT molecular complexity index is 730. The predicted molar refractivity (Wildman–Crippen MR) is 111 cm³/mol. The Hall–Kier alpha value is -2.53. The Morgan fingerprint density at radius 2 is 1.85 bits per heavy atom. The summed E-state index contributed by atoms with van der Waals surface area (Å²) in [6.07, 6.45) is 1.12. The number of ether oxygens (including phenoxy) is 1. The van der Waals surface area contributed by atoms with Crippen molar-refractivity contribution in [3.05, 3.63) is 65.7 Å². The van der Waals surface area contributed by atoms with Crippen LogP contribution in [-0.2, 0) is 13.1 Å². The van der Waals surface area contributed by atoms with E-state index in [0.717, 1.165) is 37.8 Å². The van der Waals surface area contributed by atoms with Gasteiger partial charge in [-0.1, -0.05) is 42.5 Å². The number of guanidine groups is 1. The maximum Gasteiger partial charge on any atom is 0.191 e. The second kappa shape index (κ2) is 9.42. The minimum absolute atomic E-state index is 0.408. The van der Waals surface area contributed by atoms with Gasteiger partial charge in [-0.05, 0) is 36.6 Å². The number of likely N-dealkylation sites (tertiary alicyclic amines) is 1. The maximum absolute atomic E-state index is 5.21. The first-order chi connectivity index (χ1) is 13.2. The van der Waals surface area contributed by atoms with Gasteiger partial charge in [-0.15, -0.1) is 0 Å². The summed E-state index contributed by atoms with van der Waals surface area (Å²) < 4.78 is 5.21. The van der Waals surface area contributed by atoms with Crippen LogP contribution in [0.1, 0.15) is 24.5 Å². The van der Waals surface area contributed by atoms with Gasteiger partial charge in [-0.2, -0.15) is 0 Å². The molecule has 0 bridgehead atoms. The lowest BCUT2D eigenvalue weighted by Crippen LogP contribution is -2.44. The molecule has 1 fully saturated rings. The standard InChI is InChI=1S/C22H30N4O/c1-17-13-20(16-26(17)15-19-7-5-4-6-8-19)25-22(23-2)24-14-18-9-11-21(27-3)12-10-18/h4-12,17,20H,13-16H2,1-3H3,(H2,23,24,25). The van der Waals surface area contributed by atoms with Crippen molar-refractivity contribution >= 4 is 5.96 Å². The topological polar surface area (TPSA) is 48.9 Å². The van der Waals surface area contributed by atoms with Crippen molar-refractivity contribution in [3.63, 3.8) is 0 Å². The molecule has 0 spiro atoms. The van der Waals surface area contributed by atoms with Crippen molar-refractivity contribution in [2.45, 2.75) is 38.5 Å². The van der Waals surface area contributed by atoms with E-state index in [1.54, 1.807) is 7.11 Å². The van der Waals surface area contributed by atoms with Crippen LogP contribution >= 0.6 is 0 Å². The second-order valence-corrected chi connectivity index (χ2v) is 7.11. The van der Waals surface area contributed by atoms with Crippen molar-refractivity contribution in [3.8, 4) is 5.75 Å². The van der Waals surface area contributed by atoms with Crippen LogP contribution in [0.25, 0.3) is 0 Å². The first-order valence-corrected chi connectivity index (χ1v) is 9.56. The van der Waals surface area contributed by atoms with Gasteiger partial charge in [0.2, 0.25) is 0 Å². The number of hydrogen-bond acceptors (Lipinski definition) is 3. The van der Waals surface area contributed by atoms with Gasteiger partial charge in [0, 0.05) is 38.8 Å². The van der Waals surface area contributed by atoms with E-state index >= 15 is 0 Å². The summed E-state index contributed by atoms with van der Waals surface area (Å²) in [5.41, 5.74) is 2.57. The third-order valence-electron chi connectivity index (χ3n) is 5.12. The van der Waals surface area contributed by atoms with Crippen LogP contribution in [0.5, 0.6) is 5.75 Å². The van der Waals surface area contributed by atoms with Gasteiger partial charge >= 0.3 is 0 Å². The van der Waals surface area contributed by atoms with Crippen molar-refractivity contribution in [2.24, 2.45) is 4.99 Å². The quantitative estimate of drug-likeness (QED) is 0.609. The molecule has 2 unspecified atom stereocenters. The van der Waals surface area contributed by atoms with E-state index in [0.29, 0.717) is 12.1 Å². The highest BCUT2D eigenvalue weighted by molar-refractivity contribution is 5.80. The minimum atomic E-state index is 0.408. The summed E-state index contributed by atoms with van der Waals surface area (Å²) in [7, 11) is 3.51. The van der Waals surface area contributed by atoms with Gasteiger partial charge in [0.1, 0.15) is 5.75 Å². The molecule has 2 atom stereocenters. The number of hydrogen-bond donors (Lipinski definition) is 2. The molecular weight excluding hydrogens is 336 g/mol. The number of nitrogens with one attached hydrogen (secondary N) is 2. The molecule has 0 saturated carbocycles. The Kier molecular flexibility index (Phi) is 6.71. The molecule has 27 heavy (non-hydrogen) atoms. The van der Waals surface area contributed by atoms with E-state index in [9.17, 15) is 0 Å². The molecular formula is C22H30N4O. The number of benzene rings is 2. The highest BCUT2D eigenvalue weighted by Crippen LogP contribution is 2.20. The molecule has 1 aliphatic heterocycles. The summed E-state index contributed by atoms with van der Waals surface area (Å²) >= 11 is 0. The van der Waals surface area contributed by atoms with Crippen LogP contribution in [0.15, 0.2) is 59.6 Å². The van der Waals surface area contributed by atoms with Crippen LogP contribution < -0.4 is 15.4 Å². The van der Waals surface area contributed by atoms with Gasteiger partial charge in [0.05, 0.1) is 7.11 Å². The Labute approximate surface area is 162 Å². The first kappa shape index (κ1) is 19.2. The van der Waals surface area contributed by atoms with Gasteiger partial charge in [-0.3, -0.25) is 9.89 Å². The van der Waals surface area contributed by atoms with Gasteiger partial charge in [0.25, 0.3) is 0 Å². The van der Waals surface area contributed by atoms with Gasteiger partial charge < -0.3 is 15.4 Å². The number of rotatable bonds is 6. The zero-order chi connectivity index (χ0) is 19.1. The van der Waals surface area contributed by atoms with Crippen molar-refractivity contribution in [1.82, 2.24) is 15.5 Å². The Balaban J connectivity index is 1.49. The molecule has 5 heteroatoms. The summed E-state index contributed by atoms with van der Waals surface area (Å²) in [5, 5.41) is 6.99. The fourth-order valence-electron chi connectivity index (χ4n) is 3.56. The smallest absolute Gasteiger partial charge is 0.191 e. The summed E-state index contributed by atoms with van der Waals surface area (Å²) in [6.45, 7) is 5.06. The molecule has 3 rings (SSSR count). The summed E-state index contributed by atoms with van der Waals surface area (Å²) in [4.78, 5) is 6.92. The fraction of sp³-hybridized carbons (Fsp3) is 0.409. The van der Waals surface area contributed by atoms with E-state index in [-0.39, 0.29) is 0 Å². The lowest BCUT2D eigenvalue weighted by Gasteiger charge is -2.21. The molecule has 1 aliphatic rings. The average Bonchev–Trinajstić information content (AvgIpc) is 3.05. The van der Waals surface area contributed by atoms with Crippen molar-refractivity contribution in [1.29, 1.82) is 0 Å². The van der Waals surface area contributed by atoms with E-state index < -0.39 is 0 Å².